The zero-order chi connectivity index (χ0) is 20.5. The Kier molecular flexibility index (Phi) is 9.18. The second-order valence-corrected chi connectivity index (χ2v) is 8.60. The van der Waals surface area contributed by atoms with E-state index in [0.29, 0.717) is 17.9 Å². The quantitative estimate of drug-likeness (QED) is 0.439. The van der Waals surface area contributed by atoms with Crippen LogP contribution in [0.3, 0.4) is 0 Å². The van der Waals surface area contributed by atoms with Gasteiger partial charge in [-0.15, -0.1) is 0 Å². The molecule has 0 amide bonds. The first-order valence-corrected chi connectivity index (χ1v) is 11.1. The lowest BCUT2D eigenvalue weighted by Crippen LogP contribution is -2.31. The van der Waals surface area contributed by atoms with Gasteiger partial charge in [0.1, 0.15) is 0 Å². The zero-order valence-corrected chi connectivity index (χ0v) is 18.9. The van der Waals surface area contributed by atoms with E-state index in [9.17, 15) is 0 Å². The van der Waals surface area contributed by atoms with E-state index in [1.165, 1.54) is 54.5 Å². The first-order chi connectivity index (χ1) is 13.5. The topological polar surface area (TPSA) is 16.1 Å². The SMILES string of the molecule is CCC[C@@H](C)N(C)CCC(CC)C(Cc1cnccc1C)c1ccc(C)cc1. The number of aryl methyl sites for hydroxylation is 2. The van der Waals surface area contributed by atoms with Gasteiger partial charge in [0.25, 0.3) is 0 Å². The van der Waals surface area contributed by atoms with Crippen molar-refractivity contribution in [1.29, 1.82) is 0 Å². The van der Waals surface area contributed by atoms with Gasteiger partial charge in [-0.25, -0.2) is 0 Å². The van der Waals surface area contributed by atoms with Crippen molar-refractivity contribution in [1.82, 2.24) is 9.88 Å². The number of hydrogen-bond acceptors (Lipinski definition) is 2. The minimum Gasteiger partial charge on any atom is -0.304 e. The molecule has 0 aliphatic rings. The monoisotopic (exact) mass is 380 g/mol. The van der Waals surface area contributed by atoms with Gasteiger partial charge in [-0.05, 0) is 88.2 Å². The highest BCUT2D eigenvalue weighted by Gasteiger charge is 2.24. The molecular weight excluding hydrogens is 340 g/mol. The molecule has 2 rings (SSSR count). The van der Waals surface area contributed by atoms with Crippen LogP contribution in [0.5, 0.6) is 0 Å². The van der Waals surface area contributed by atoms with Crippen molar-refractivity contribution >= 4 is 0 Å². The molecule has 0 saturated carbocycles. The lowest BCUT2D eigenvalue weighted by molar-refractivity contribution is 0.216. The maximum absolute atomic E-state index is 4.40. The molecule has 0 fully saturated rings. The van der Waals surface area contributed by atoms with Gasteiger partial charge in [-0.2, -0.15) is 0 Å². The molecule has 0 aliphatic carbocycles. The van der Waals surface area contributed by atoms with E-state index < -0.39 is 0 Å². The lowest BCUT2D eigenvalue weighted by atomic mass is 9.78. The largest absolute Gasteiger partial charge is 0.304 e. The molecule has 1 heterocycles. The van der Waals surface area contributed by atoms with Crippen LogP contribution >= 0.6 is 0 Å². The summed E-state index contributed by atoms with van der Waals surface area (Å²) in [7, 11) is 2.29. The van der Waals surface area contributed by atoms with Gasteiger partial charge >= 0.3 is 0 Å². The molecule has 0 bridgehead atoms. The van der Waals surface area contributed by atoms with Gasteiger partial charge in [0, 0.05) is 18.4 Å². The maximum Gasteiger partial charge on any atom is 0.0302 e. The summed E-state index contributed by atoms with van der Waals surface area (Å²) in [5.74, 6) is 1.22. The Balaban J connectivity index is 2.20. The van der Waals surface area contributed by atoms with Crippen molar-refractivity contribution in [3.63, 3.8) is 0 Å². The molecule has 2 unspecified atom stereocenters. The summed E-state index contributed by atoms with van der Waals surface area (Å²) in [6, 6.07) is 12.0. The standard InChI is InChI=1S/C26H40N2/c1-7-9-22(5)28(6)17-15-23(8-2)26(24-12-10-20(3)11-13-24)18-25-19-27-16-14-21(25)4/h10-14,16,19,22-23,26H,7-9,15,17-18H2,1-6H3/t22-,23?,26?/m1/s1. The van der Waals surface area contributed by atoms with Crippen molar-refractivity contribution in [2.45, 2.75) is 78.7 Å². The highest BCUT2D eigenvalue weighted by molar-refractivity contribution is 5.29. The fraction of sp³-hybridized carbons (Fsp3) is 0.577. The lowest BCUT2D eigenvalue weighted by Gasteiger charge is -2.31. The Bertz CT molecular complexity index is 692. The molecule has 0 radical (unpaired) electrons. The van der Waals surface area contributed by atoms with Crippen LogP contribution in [0.25, 0.3) is 0 Å². The van der Waals surface area contributed by atoms with Gasteiger partial charge in [0.05, 0.1) is 0 Å². The molecule has 0 aliphatic heterocycles. The van der Waals surface area contributed by atoms with Crippen LogP contribution in [0.2, 0.25) is 0 Å². The molecule has 0 spiro atoms. The van der Waals surface area contributed by atoms with E-state index in [1.54, 1.807) is 0 Å². The number of pyridine rings is 1. The van der Waals surface area contributed by atoms with Crippen molar-refractivity contribution in [2.75, 3.05) is 13.6 Å². The summed E-state index contributed by atoms with van der Waals surface area (Å²) >= 11 is 0. The molecule has 1 aromatic heterocycles. The minimum absolute atomic E-state index is 0.545. The molecule has 2 aromatic rings. The molecule has 2 nitrogen and oxygen atoms in total. The molecule has 0 saturated heterocycles. The van der Waals surface area contributed by atoms with Crippen molar-refractivity contribution in [3.8, 4) is 0 Å². The number of rotatable bonds is 11. The zero-order valence-electron chi connectivity index (χ0n) is 18.9. The van der Waals surface area contributed by atoms with E-state index in [-0.39, 0.29) is 0 Å². The molecule has 28 heavy (non-hydrogen) atoms. The smallest absolute Gasteiger partial charge is 0.0302 e. The van der Waals surface area contributed by atoms with Crippen LogP contribution in [0.1, 0.15) is 74.6 Å². The Morgan fingerprint density at radius 3 is 2.32 bits per heavy atom. The average molecular weight is 381 g/mol. The first-order valence-electron chi connectivity index (χ1n) is 11.1. The normalized spacial score (nSPS) is 14.8. The van der Waals surface area contributed by atoms with Crippen molar-refractivity contribution < 1.29 is 0 Å². The van der Waals surface area contributed by atoms with Crippen molar-refractivity contribution in [3.05, 3.63) is 65.0 Å². The number of aromatic nitrogens is 1. The predicted molar refractivity (Wildman–Crippen MR) is 122 cm³/mol. The van der Waals surface area contributed by atoms with Gasteiger partial charge < -0.3 is 4.90 Å². The Morgan fingerprint density at radius 2 is 1.71 bits per heavy atom. The summed E-state index contributed by atoms with van der Waals surface area (Å²) in [5.41, 5.74) is 5.56. The third-order valence-electron chi connectivity index (χ3n) is 6.50. The third kappa shape index (κ3) is 6.44. The van der Waals surface area contributed by atoms with Gasteiger partial charge in [0.15, 0.2) is 0 Å². The average Bonchev–Trinajstić information content (AvgIpc) is 2.69. The summed E-state index contributed by atoms with van der Waals surface area (Å²) < 4.78 is 0. The summed E-state index contributed by atoms with van der Waals surface area (Å²) in [5, 5.41) is 0. The number of nitrogens with zero attached hydrogens (tertiary/aromatic N) is 2. The van der Waals surface area contributed by atoms with E-state index >= 15 is 0 Å². The van der Waals surface area contributed by atoms with Gasteiger partial charge in [-0.3, -0.25) is 4.98 Å². The molecule has 2 heteroatoms. The number of hydrogen-bond donors (Lipinski definition) is 0. The van der Waals surface area contributed by atoms with Crippen LogP contribution in [-0.2, 0) is 6.42 Å². The summed E-state index contributed by atoms with van der Waals surface area (Å²) in [6.45, 7) is 12.6. The molecule has 3 atom stereocenters. The minimum atomic E-state index is 0.545. The maximum atomic E-state index is 4.40. The molecule has 1 aromatic carbocycles. The van der Waals surface area contributed by atoms with Crippen molar-refractivity contribution in [2.24, 2.45) is 5.92 Å². The fourth-order valence-corrected chi connectivity index (χ4v) is 4.24. The van der Waals surface area contributed by atoms with Crippen LogP contribution in [0.4, 0.5) is 0 Å². The molecule has 154 valence electrons. The summed E-state index contributed by atoms with van der Waals surface area (Å²) in [6.07, 6.45) is 10.1. The van der Waals surface area contributed by atoms with E-state index in [4.69, 9.17) is 0 Å². The summed E-state index contributed by atoms with van der Waals surface area (Å²) in [4.78, 5) is 6.95. The van der Waals surface area contributed by atoms with Crippen LogP contribution in [-0.4, -0.2) is 29.5 Å². The highest BCUT2D eigenvalue weighted by atomic mass is 15.1. The van der Waals surface area contributed by atoms with E-state index in [1.807, 2.05) is 6.20 Å². The second kappa shape index (κ2) is 11.4. The number of benzene rings is 1. The third-order valence-corrected chi connectivity index (χ3v) is 6.50. The first kappa shape index (κ1) is 22.6. The second-order valence-electron chi connectivity index (χ2n) is 8.60. The highest BCUT2D eigenvalue weighted by Crippen LogP contribution is 2.34. The Labute approximate surface area is 173 Å². The van der Waals surface area contributed by atoms with Crippen LogP contribution in [0.15, 0.2) is 42.7 Å². The molecular formula is C26H40N2. The van der Waals surface area contributed by atoms with E-state index in [0.717, 1.165) is 6.42 Å². The van der Waals surface area contributed by atoms with Crippen LogP contribution < -0.4 is 0 Å². The predicted octanol–water partition coefficient (Wildman–Crippen LogP) is 6.56. The van der Waals surface area contributed by atoms with Crippen LogP contribution in [0, 0.1) is 19.8 Å². The fourth-order valence-electron chi connectivity index (χ4n) is 4.24. The van der Waals surface area contributed by atoms with Gasteiger partial charge in [0.2, 0.25) is 0 Å². The Hall–Kier alpha value is -1.67. The Morgan fingerprint density at radius 1 is 1.00 bits per heavy atom. The van der Waals surface area contributed by atoms with Gasteiger partial charge in [-0.1, -0.05) is 56.5 Å². The van der Waals surface area contributed by atoms with E-state index in [2.05, 4.69) is 88.1 Å². The molecule has 0 N–H and O–H groups in total.